The number of esters is 1. The summed E-state index contributed by atoms with van der Waals surface area (Å²) in [7, 11) is 0. The fourth-order valence-corrected chi connectivity index (χ4v) is 2.54. The number of hydrogen-bond acceptors (Lipinski definition) is 5. The van der Waals surface area contributed by atoms with Crippen molar-refractivity contribution < 1.29 is 24.9 Å². The summed E-state index contributed by atoms with van der Waals surface area (Å²) in [5, 5.41) is 29.1. The Morgan fingerprint density at radius 2 is 2.06 bits per heavy atom. The van der Waals surface area contributed by atoms with Crippen molar-refractivity contribution in [3.63, 3.8) is 0 Å². The molecule has 0 spiro atoms. The lowest BCUT2D eigenvalue weighted by Gasteiger charge is -2.36. The number of carbonyl (C=O) groups excluding carboxylic acids is 1. The van der Waals surface area contributed by atoms with E-state index in [2.05, 4.69) is 0 Å². The van der Waals surface area contributed by atoms with Crippen molar-refractivity contribution in [3.8, 4) is 0 Å². The van der Waals surface area contributed by atoms with Gasteiger partial charge in [0.05, 0.1) is 17.8 Å². The van der Waals surface area contributed by atoms with Gasteiger partial charge in [0.25, 0.3) is 0 Å². The summed E-state index contributed by atoms with van der Waals surface area (Å²) in [5.74, 6) is -0.602. The third-order valence-electron chi connectivity index (χ3n) is 3.43. The second kappa shape index (κ2) is 4.76. The first kappa shape index (κ1) is 12.5. The van der Waals surface area contributed by atoms with E-state index in [-0.39, 0.29) is 18.1 Å². The highest BCUT2D eigenvalue weighted by atomic mass is 16.5. The maximum absolute atomic E-state index is 11.8. The summed E-state index contributed by atoms with van der Waals surface area (Å²) in [5.41, 5.74) is 0.598. The first-order valence-corrected chi connectivity index (χ1v) is 6.02. The molecule has 3 N–H and O–H groups in total. The molecule has 0 saturated carbocycles. The maximum Gasteiger partial charge on any atom is 0.337 e. The van der Waals surface area contributed by atoms with Gasteiger partial charge in [-0.2, -0.15) is 0 Å². The zero-order valence-electron chi connectivity index (χ0n) is 9.80. The van der Waals surface area contributed by atoms with Crippen LogP contribution in [0.25, 0.3) is 0 Å². The van der Waals surface area contributed by atoms with Gasteiger partial charge in [-0.1, -0.05) is 13.3 Å². The van der Waals surface area contributed by atoms with E-state index < -0.39 is 24.3 Å². The van der Waals surface area contributed by atoms with Crippen LogP contribution in [0.1, 0.15) is 32.6 Å². The van der Waals surface area contributed by atoms with Crippen molar-refractivity contribution in [2.75, 3.05) is 0 Å². The van der Waals surface area contributed by atoms with Gasteiger partial charge in [-0.05, 0) is 12.0 Å². The molecule has 0 radical (unpaired) electrons. The SMILES string of the molecule is CCCC1CC2=C(C(=O)O1)C(O)C(O)CC2O. The van der Waals surface area contributed by atoms with Gasteiger partial charge in [-0.25, -0.2) is 4.79 Å². The molecule has 4 atom stereocenters. The maximum atomic E-state index is 11.8. The Hall–Kier alpha value is -0.910. The minimum absolute atomic E-state index is 0.0589. The van der Waals surface area contributed by atoms with Crippen LogP contribution in [-0.2, 0) is 9.53 Å². The fourth-order valence-electron chi connectivity index (χ4n) is 2.54. The Bertz CT molecular complexity index is 349. The Morgan fingerprint density at radius 3 is 2.71 bits per heavy atom. The predicted molar refractivity (Wildman–Crippen MR) is 59.1 cm³/mol. The second-order valence-electron chi connectivity index (χ2n) is 4.72. The molecule has 17 heavy (non-hydrogen) atoms. The molecular formula is C12H18O5. The average molecular weight is 242 g/mol. The molecule has 5 heteroatoms. The Balaban J connectivity index is 2.28. The van der Waals surface area contributed by atoms with Crippen molar-refractivity contribution in [2.24, 2.45) is 0 Å². The molecule has 2 aliphatic rings. The molecule has 4 unspecified atom stereocenters. The number of aliphatic hydroxyl groups excluding tert-OH is 3. The van der Waals surface area contributed by atoms with Gasteiger partial charge in [-0.3, -0.25) is 0 Å². The first-order valence-electron chi connectivity index (χ1n) is 6.02. The predicted octanol–water partition coefficient (Wildman–Crippen LogP) is -0.115. The van der Waals surface area contributed by atoms with Crippen LogP contribution in [0.5, 0.6) is 0 Å². The highest BCUT2D eigenvalue weighted by Gasteiger charge is 2.42. The van der Waals surface area contributed by atoms with Gasteiger partial charge < -0.3 is 20.1 Å². The summed E-state index contributed by atoms with van der Waals surface area (Å²) in [6.07, 6.45) is -1.23. The minimum Gasteiger partial charge on any atom is -0.459 e. The van der Waals surface area contributed by atoms with Crippen molar-refractivity contribution in [2.45, 2.75) is 57.0 Å². The summed E-state index contributed by atoms with van der Waals surface area (Å²) in [6.45, 7) is 1.99. The molecule has 0 aromatic heterocycles. The Labute approximate surface area is 99.7 Å². The van der Waals surface area contributed by atoms with Crippen LogP contribution in [0.2, 0.25) is 0 Å². The molecule has 2 rings (SSSR count). The third-order valence-corrected chi connectivity index (χ3v) is 3.43. The lowest BCUT2D eigenvalue weighted by atomic mass is 9.81. The molecule has 1 heterocycles. The Kier molecular flexibility index (Phi) is 3.51. The van der Waals surface area contributed by atoms with E-state index in [1.807, 2.05) is 6.92 Å². The largest absolute Gasteiger partial charge is 0.459 e. The van der Waals surface area contributed by atoms with Crippen LogP contribution < -0.4 is 0 Å². The van der Waals surface area contributed by atoms with Crippen LogP contribution in [0.3, 0.4) is 0 Å². The van der Waals surface area contributed by atoms with Gasteiger partial charge in [0.15, 0.2) is 0 Å². The number of carbonyl (C=O) groups is 1. The zero-order valence-corrected chi connectivity index (χ0v) is 9.80. The minimum atomic E-state index is -1.23. The lowest BCUT2D eigenvalue weighted by Crippen LogP contribution is -2.45. The van der Waals surface area contributed by atoms with Crippen LogP contribution >= 0.6 is 0 Å². The second-order valence-corrected chi connectivity index (χ2v) is 4.72. The Morgan fingerprint density at radius 1 is 1.35 bits per heavy atom. The molecule has 0 saturated heterocycles. The van der Waals surface area contributed by atoms with Gasteiger partial charge in [-0.15, -0.1) is 0 Å². The molecule has 1 aliphatic heterocycles. The van der Waals surface area contributed by atoms with Gasteiger partial charge in [0.1, 0.15) is 12.2 Å². The van der Waals surface area contributed by atoms with Gasteiger partial charge >= 0.3 is 5.97 Å². The number of aliphatic hydroxyl groups is 3. The highest BCUT2D eigenvalue weighted by molar-refractivity contribution is 5.92. The molecule has 0 amide bonds. The number of rotatable bonds is 2. The molecule has 96 valence electrons. The van der Waals surface area contributed by atoms with E-state index in [1.54, 1.807) is 0 Å². The molecule has 0 fully saturated rings. The molecule has 0 aromatic rings. The van der Waals surface area contributed by atoms with Crippen molar-refractivity contribution in [1.29, 1.82) is 0 Å². The lowest BCUT2D eigenvalue weighted by molar-refractivity contribution is -0.150. The smallest absolute Gasteiger partial charge is 0.337 e. The van der Waals surface area contributed by atoms with Crippen LogP contribution in [0.4, 0.5) is 0 Å². The van der Waals surface area contributed by atoms with E-state index in [9.17, 15) is 20.1 Å². The van der Waals surface area contributed by atoms with Crippen molar-refractivity contribution >= 4 is 5.97 Å². The summed E-state index contributed by atoms with van der Waals surface area (Å²) in [6, 6.07) is 0. The van der Waals surface area contributed by atoms with Crippen LogP contribution in [0.15, 0.2) is 11.1 Å². The van der Waals surface area contributed by atoms with Crippen LogP contribution in [-0.4, -0.2) is 45.7 Å². The summed E-state index contributed by atoms with van der Waals surface area (Å²) < 4.78 is 5.18. The molecule has 5 nitrogen and oxygen atoms in total. The molecule has 0 bridgehead atoms. The molecular weight excluding hydrogens is 224 g/mol. The topological polar surface area (TPSA) is 87.0 Å². The highest BCUT2D eigenvalue weighted by Crippen LogP contribution is 2.35. The third kappa shape index (κ3) is 2.22. The molecule has 1 aliphatic carbocycles. The van der Waals surface area contributed by atoms with E-state index in [4.69, 9.17) is 4.74 Å². The standard InChI is InChI=1S/C12H18O5/c1-2-3-6-4-7-8(13)5-9(14)11(15)10(7)12(16)17-6/h6,8-9,11,13-15H,2-5H2,1H3. The first-order chi connectivity index (χ1) is 8.04. The van der Waals surface area contributed by atoms with E-state index in [0.717, 1.165) is 12.8 Å². The summed E-state index contributed by atoms with van der Waals surface area (Å²) >= 11 is 0. The number of cyclic esters (lactones) is 1. The van der Waals surface area contributed by atoms with E-state index >= 15 is 0 Å². The van der Waals surface area contributed by atoms with Crippen LogP contribution in [0, 0.1) is 0 Å². The van der Waals surface area contributed by atoms with E-state index in [0.29, 0.717) is 12.0 Å². The quantitative estimate of drug-likeness (QED) is 0.588. The summed E-state index contributed by atoms with van der Waals surface area (Å²) in [4.78, 5) is 11.8. The number of ether oxygens (including phenoxy) is 1. The van der Waals surface area contributed by atoms with Crippen molar-refractivity contribution in [3.05, 3.63) is 11.1 Å². The van der Waals surface area contributed by atoms with Crippen molar-refractivity contribution in [1.82, 2.24) is 0 Å². The fraction of sp³-hybridized carbons (Fsp3) is 0.750. The number of hydrogen-bond donors (Lipinski definition) is 3. The van der Waals surface area contributed by atoms with Gasteiger partial charge in [0, 0.05) is 12.8 Å². The normalized spacial score (nSPS) is 37.8. The average Bonchev–Trinajstić information content (AvgIpc) is 2.26. The monoisotopic (exact) mass is 242 g/mol. The zero-order chi connectivity index (χ0) is 12.6. The van der Waals surface area contributed by atoms with Gasteiger partial charge in [0.2, 0.25) is 0 Å². The van der Waals surface area contributed by atoms with E-state index in [1.165, 1.54) is 0 Å². The molecule has 0 aromatic carbocycles.